The first kappa shape index (κ1) is 14.4. The van der Waals surface area contributed by atoms with Crippen LogP contribution in [0.5, 0.6) is 0 Å². The van der Waals surface area contributed by atoms with Gasteiger partial charge in [-0.05, 0) is 30.9 Å². The van der Waals surface area contributed by atoms with Gasteiger partial charge in [-0.15, -0.1) is 0 Å². The zero-order chi connectivity index (χ0) is 13.1. The van der Waals surface area contributed by atoms with E-state index >= 15 is 0 Å². The van der Waals surface area contributed by atoms with E-state index in [-0.39, 0.29) is 5.54 Å². The Kier molecular flexibility index (Phi) is 4.90. The molecule has 0 aromatic heterocycles. The van der Waals surface area contributed by atoms with Gasteiger partial charge in [-0.25, -0.2) is 0 Å². The minimum atomic E-state index is -0.883. The summed E-state index contributed by atoms with van der Waals surface area (Å²) in [4.78, 5) is 0. The second-order valence-corrected chi connectivity index (χ2v) is 7.07. The molecule has 0 aliphatic carbocycles. The zero-order valence-corrected chi connectivity index (χ0v) is 12.0. The maximum absolute atomic E-state index is 11.9. The first-order valence-corrected chi connectivity index (χ1v) is 7.49. The molecule has 2 N–H and O–H groups in total. The number of rotatable bonds is 5. The Labute approximate surface area is 107 Å². The average molecular weight is 253 g/mol. The third-order valence-electron chi connectivity index (χ3n) is 2.51. The number of benzene rings is 1. The van der Waals surface area contributed by atoms with Gasteiger partial charge in [0, 0.05) is 27.8 Å². The molecule has 0 bridgehead atoms. The second kappa shape index (κ2) is 5.78. The van der Waals surface area contributed by atoms with Crippen molar-refractivity contribution in [2.24, 2.45) is 5.73 Å². The van der Waals surface area contributed by atoms with Crippen LogP contribution in [0.2, 0.25) is 0 Å². The van der Waals surface area contributed by atoms with E-state index in [4.69, 9.17) is 5.73 Å². The lowest BCUT2D eigenvalue weighted by atomic mass is 10.0. The molecular formula is C14H23NOS. The van der Waals surface area contributed by atoms with Crippen LogP contribution in [0.25, 0.3) is 0 Å². The molecule has 0 amide bonds. The zero-order valence-electron chi connectivity index (χ0n) is 11.2. The lowest BCUT2D eigenvalue weighted by Crippen LogP contribution is -2.38. The second-order valence-electron chi connectivity index (χ2n) is 5.61. The van der Waals surface area contributed by atoms with Crippen LogP contribution in [0.15, 0.2) is 24.3 Å². The van der Waals surface area contributed by atoms with Crippen molar-refractivity contribution in [1.82, 2.24) is 0 Å². The highest BCUT2D eigenvalue weighted by Crippen LogP contribution is 2.16. The van der Waals surface area contributed by atoms with Crippen molar-refractivity contribution < 1.29 is 4.21 Å². The SMILES string of the molecule is CC(C)c1ccc(CS(=O)CC(C)(C)N)cc1. The topological polar surface area (TPSA) is 43.1 Å². The first-order chi connectivity index (χ1) is 7.78. The van der Waals surface area contributed by atoms with Crippen LogP contribution in [0.4, 0.5) is 0 Å². The van der Waals surface area contributed by atoms with Gasteiger partial charge in [0.2, 0.25) is 0 Å². The van der Waals surface area contributed by atoms with Crippen LogP contribution in [0.3, 0.4) is 0 Å². The standard InChI is InChI=1S/C14H23NOS/c1-11(2)13-7-5-12(6-8-13)9-17(16)10-14(3,4)15/h5-8,11H,9-10,15H2,1-4H3. The highest BCUT2D eigenvalue weighted by molar-refractivity contribution is 7.84. The van der Waals surface area contributed by atoms with Crippen LogP contribution in [-0.2, 0) is 16.6 Å². The van der Waals surface area contributed by atoms with Gasteiger partial charge in [0.1, 0.15) is 0 Å². The molecule has 0 heterocycles. The third-order valence-corrected chi connectivity index (χ3v) is 4.23. The summed E-state index contributed by atoms with van der Waals surface area (Å²) in [6.45, 7) is 8.16. The monoisotopic (exact) mass is 253 g/mol. The van der Waals surface area contributed by atoms with E-state index in [1.807, 2.05) is 13.8 Å². The number of hydrogen-bond acceptors (Lipinski definition) is 2. The van der Waals surface area contributed by atoms with Gasteiger partial charge in [0.15, 0.2) is 0 Å². The van der Waals surface area contributed by atoms with E-state index in [0.717, 1.165) is 5.56 Å². The lowest BCUT2D eigenvalue weighted by molar-refractivity contribution is 0.577. The van der Waals surface area contributed by atoms with E-state index < -0.39 is 10.8 Å². The van der Waals surface area contributed by atoms with Crippen molar-refractivity contribution in [3.8, 4) is 0 Å². The predicted octanol–water partition coefficient (Wildman–Crippen LogP) is 2.80. The smallest absolute Gasteiger partial charge is 0.0486 e. The molecular weight excluding hydrogens is 230 g/mol. The molecule has 1 atom stereocenters. The molecule has 0 aliphatic heterocycles. The van der Waals surface area contributed by atoms with E-state index in [2.05, 4.69) is 38.1 Å². The van der Waals surface area contributed by atoms with Crippen molar-refractivity contribution in [2.75, 3.05) is 5.75 Å². The number of nitrogens with two attached hydrogens (primary N) is 1. The Bertz CT molecular complexity index is 376. The van der Waals surface area contributed by atoms with Gasteiger partial charge in [-0.2, -0.15) is 0 Å². The molecule has 0 radical (unpaired) electrons. The summed E-state index contributed by atoms with van der Waals surface area (Å²) in [6, 6.07) is 8.36. The van der Waals surface area contributed by atoms with Gasteiger partial charge in [0.25, 0.3) is 0 Å². The van der Waals surface area contributed by atoms with Crippen LogP contribution < -0.4 is 5.73 Å². The predicted molar refractivity (Wildman–Crippen MR) is 75.5 cm³/mol. The third kappa shape index (κ3) is 5.46. The summed E-state index contributed by atoms with van der Waals surface area (Å²) in [7, 11) is -0.883. The van der Waals surface area contributed by atoms with Crippen molar-refractivity contribution in [1.29, 1.82) is 0 Å². The van der Waals surface area contributed by atoms with Gasteiger partial charge in [0.05, 0.1) is 0 Å². The van der Waals surface area contributed by atoms with Crippen molar-refractivity contribution >= 4 is 10.8 Å². The summed E-state index contributed by atoms with van der Waals surface area (Å²) in [5.41, 5.74) is 7.94. The first-order valence-electron chi connectivity index (χ1n) is 6.00. The van der Waals surface area contributed by atoms with Crippen LogP contribution in [-0.4, -0.2) is 15.5 Å². The molecule has 96 valence electrons. The summed E-state index contributed by atoms with van der Waals surface area (Å²) in [5, 5.41) is 0. The molecule has 3 heteroatoms. The minimum absolute atomic E-state index is 0.358. The van der Waals surface area contributed by atoms with Crippen LogP contribution in [0, 0.1) is 0 Å². The number of hydrogen-bond donors (Lipinski definition) is 1. The van der Waals surface area contributed by atoms with E-state index in [1.54, 1.807) is 0 Å². The normalized spacial score (nSPS) is 14.0. The minimum Gasteiger partial charge on any atom is -0.325 e. The fourth-order valence-corrected chi connectivity index (χ4v) is 3.15. The lowest BCUT2D eigenvalue weighted by Gasteiger charge is -2.17. The maximum Gasteiger partial charge on any atom is 0.0486 e. The molecule has 0 spiro atoms. The summed E-state index contributed by atoms with van der Waals surface area (Å²) >= 11 is 0. The Morgan fingerprint density at radius 3 is 2.18 bits per heavy atom. The molecule has 1 aromatic rings. The van der Waals surface area contributed by atoms with E-state index in [9.17, 15) is 4.21 Å². The molecule has 2 nitrogen and oxygen atoms in total. The van der Waals surface area contributed by atoms with Gasteiger partial charge in [-0.1, -0.05) is 38.1 Å². The van der Waals surface area contributed by atoms with Gasteiger partial charge >= 0.3 is 0 Å². The fraction of sp³-hybridized carbons (Fsp3) is 0.571. The average Bonchev–Trinajstić information content (AvgIpc) is 2.15. The van der Waals surface area contributed by atoms with E-state index in [0.29, 0.717) is 17.4 Å². The van der Waals surface area contributed by atoms with E-state index in [1.165, 1.54) is 5.56 Å². The molecule has 1 rings (SSSR count). The Morgan fingerprint density at radius 1 is 1.24 bits per heavy atom. The summed E-state index contributed by atoms with van der Waals surface area (Å²) < 4.78 is 11.9. The maximum atomic E-state index is 11.9. The molecule has 0 fully saturated rings. The molecule has 1 aromatic carbocycles. The van der Waals surface area contributed by atoms with Gasteiger partial charge in [-0.3, -0.25) is 4.21 Å². The Hall–Kier alpha value is -0.670. The Balaban J connectivity index is 2.61. The van der Waals surface area contributed by atoms with Crippen molar-refractivity contribution in [3.05, 3.63) is 35.4 Å². The van der Waals surface area contributed by atoms with Crippen LogP contribution in [0.1, 0.15) is 44.7 Å². The molecule has 1 unspecified atom stereocenters. The fourth-order valence-electron chi connectivity index (χ4n) is 1.65. The van der Waals surface area contributed by atoms with Crippen molar-refractivity contribution in [3.63, 3.8) is 0 Å². The summed E-state index contributed by atoms with van der Waals surface area (Å²) in [6.07, 6.45) is 0. The van der Waals surface area contributed by atoms with Crippen molar-refractivity contribution in [2.45, 2.75) is 44.9 Å². The highest BCUT2D eigenvalue weighted by atomic mass is 32.2. The largest absolute Gasteiger partial charge is 0.325 e. The molecule has 0 saturated carbocycles. The highest BCUT2D eigenvalue weighted by Gasteiger charge is 2.15. The quantitative estimate of drug-likeness (QED) is 0.877. The molecule has 0 aliphatic rings. The molecule has 17 heavy (non-hydrogen) atoms. The van der Waals surface area contributed by atoms with Gasteiger partial charge < -0.3 is 5.73 Å². The Morgan fingerprint density at radius 2 is 1.76 bits per heavy atom. The summed E-state index contributed by atoms with van der Waals surface area (Å²) in [5.74, 6) is 1.68. The molecule has 0 saturated heterocycles. The van der Waals surface area contributed by atoms with Crippen LogP contribution >= 0.6 is 0 Å².